The summed E-state index contributed by atoms with van der Waals surface area (Å²) in [5.41, 5.74) is 0.114. The molecule has 0 saturated carbocycles. The van der Waals surface area contributed by atoms with E-state index in [4.69, 9.17) is 11.6 Å². The van der Waals surface area contributed by atoms with Crippen LogP contribution in [0.1, 0.15) is 34.1 Å². The molecule has 0 radical (unpaired) electrons. The molecule has 1 unspecified atom stereocenters. The van der Waals surface area contributed by atoms with Crippen LogP contribution in [0.5, 0.6) is 0 Å². The number of anilines is 1. The molecule has 1 heterocycles. The lowest BCUT2D eigenvalue weighted by Gasteiger charge is -2.26. The van der Waals surface area contributed by atoms with Crippen molar-refractivity contribution in [2.45, 2.75) is 34.1 Å². The van der Waals surface area contributed by atoms with Crippen LogP contribution in [0.25, 0.3) is 0 Å². The molecule has 0 saturated heterocycles. The zero-order valence-electron chi connectivity index (χ0n) is 10.6. The van der Waals surface area contributed by atoms with E-state index in [0.29, 0.717) is 23.3 Å². The Bertz CT molecular complexity index is 384. The number of carbonyl (C=O) groups excluding carboxylic acids is 1. The molecule has 0 aliphatic carbocycles. The largest absolute Gasteiger partial charge is 0.309 e. The second-order valence-electron chi connectivity index (χ2n) is 5.26. The second kappa shape index (κ2) is 5.45. The summed E-state index contributed by atoms with van der Waals surface area (Å²) < 4.78 is 0. The molecule has 0 spiro atoms. The first-order valence-corrected chi connectivity index (χ1v) is 5.96. The van der Waals surface area contributed by atoms with Gasteiger partial charge in [0.25, 0.3) is 0 Å². The molecule has 0 aliphatic heterocycles. The number of amides is 1. The molecule has 1 N–H and O–H groups in total. The third-order valence-electron chi connectivity index (χ3n) is 2.87. The van der Waals surface area contributed by atoms with Gasteiger partial charge in [0.2, 0.25) is 5.91 Å². The van der Waals surface area contributed by atoms with Crippen LogP contribution in [0.15, 0.2) is 12.1 Å². The van der Waals surface area contributed by atoms with E-state index >= 15 is 0 Å². The highest BCUT2D eigenvalue weighted by atomic mass is 35.5. The van der Waals surface area contributed by atoms with Crippen molar-refractivity contribution in [1.82, 2.24) is 10.2 Å². The summed E-state index contributed by atoms with van der Waals surface area (Å²) in [6, 6.07) is 3.23. The first-order valence-electron chi connectivity index (χ1n) is 5.58. The molecule has 1 aromatic rings. The summed E-state index contributed by atoms with van der Waals surface area (Å²) in [6.45, 7) is 8.42. The normalized spacial score (nSPS) is 13.2. The number of carbonyl (C=O) groups is 1. The van der Waals surface area contributed by atoms with Gasteiger partial charge in [0.05, 0.1) is 0 Å². The Morgan fingerprint density at radius 1 is 1.41 bits per heavy atom. The fourth-order valence-electron chi connectivity index (χ4n) is 1.16. The molecule has 17 heavy (non-hydrogen) atoms. The quantitative estimate of drug-likeness (QED) is 0.903. The number of aromatic nitrogens is 2. The van der Waals surface area contributed by atoms with Gasteiger partial charge in [-0.2, -0.15) is 0 Å². The monoisotopic (exact) mass is 255 g/mol. The van der Waals surface area contributed by atoms with Gasteiger partial charge in [0.1, 0.15) is 0 Å². The van der Waals surface area contributed by atoms with Crippen LogP contribution in [0.2, 0.25) is 5.15 Å². The van der Waals surface area contributed by atoms with Crippen LogP contribution in [0, 0.1) is 11.3 Å². The van der Waals surface area contributed by atoms with Crippen molar-refractivity contribution in [2.24, 2.45) is 11.3 Å². The summed E-state index contributed by atoms with van der Waals surface area (Å²) in [7, 11) is 0. The molecule has 0 fully saturated rings. The van der Waals surface area contributed by atoms with Crippen molar-refractivity contribution >= 4 is 23.3 Å². The zero-order chi connectivity index (χ0) is 13.1. The minimum atomic E-state index is -0.0518. The summed E-state index contributed by atoms with van der Waals surface area (Å²) in [5, 5.41) is 10.4. The predicted octanol–water partition coefficient (Wildman–Crippen LogP) is 3.14. The Kier molecular flexibility index (Phi) is 4.46. The Hall–Kier alpha value is -1.16. The second-order valence-corrected chi connectivity index (χ2v) is 5.65. The first-order chi connectivity index (χ1) is 7.79. The molecular formula is C12H18ClN3O. The van der Waals surface area contributed by atoms with E-state index in [1.807, 2.05) is 0 Å². The molecule has 5 heteroatoms. The van der Waals surface area contributed by atoms with Crippen LogP contribution < -0.4 is 5.32 Å². The van der Waals surface area contributed by atoms with E-state index < -0.39 is 0 Å². The fraction of sp³-hybridized carbons (Fsp3) is 0.583. The van der Waals surface area contributed by atoms with Crippen LogP contribution in [0.4, 0.5) is 5.82 Å². The van der Waals surface area contributed by atoms with Gasteiger partial charge in [0, 0.05) is 6.42 Å². The third-order valence-corrected chi connectivity index (χ3v) is 3.07. The standard InChI is InChI=1S/C12H18ClN3O/c1-8(12(2,3)4)7-11(17)14-10-6-5-9(13)15-16-10/h5-6,8H,7H2,1-4H3,(H,14,16,17). The van der Waals surface area contributed by atoms with Gasteiger partial charge in [-0.15, -0.1) is 10.2 Å². The van der Waals surface area contributed by atoms with Gasteiger partial charge < -0.3 is 5.32 Å². The van der Waals surface area contributed by atoms with Crippen LogP contribution in [0.3, 0.4) is 0 Å². The van der Waals surface area contributed by atoms with Gasteiger partial charge >= 0.3 is 0 Å². The SMILES string of the molecule is CC(CC(=O)Nc1ccc(Cl)nn1)C(C)(C)C. The Morgan fingerprint density at radius 3 is 2.53 bits per heavy atom. The van der Waals surface area contributed by atoms with Gasteiger partial charge in [-0.1, -0.05) is 39.3 Å². The van der Waals surface area contributed by atoms with Crippen molar-refractivity contribution in [3.8, 4) is 0 Å². The van der Waals surface area contributed by atoms with Gasteiger partial charge in [-0.3, -0.25) is 4.79 Å². The van der Waals surface area contributed by atoms with Crippen LogP contribution >= 0.6 is 11.6 Å². The summed E-state index contributed by atoms with van der Waals surface area (Å²) in [6.07, 6.45) is 0.466. The van der Waals surface area contributed by atoms with E-state index in [1.54, 1.807) is 12.1 Å². The number of rotatable bonds is 3. The van der Waals surface area contributed by atoms with Crippen molar-refractivity contribution in [3.63, 3.8) is 0 Å². The molecule has 4 nitrogen and oxygen atoms in total. The summed E-state index contributed by atoms with van der Waals surface area (Å²) in [5.74, 6) is 0.673. The molecule has 94 valence electrons. The Labute approximate surface area is 107 Å². The molecule has 1 aromatic heterocycles. The third kappa shape index (κ3) is 4.69. The summed E-state index contributed by atoms with van der Waals surface area (Å²) >= 11 is 5.61. The molecule has 1 amide bonds. The molecule has 0 bridgehead atoms. The number of halogens is 1. The fourth-order valence-corrected chi connectivity index (χ4v) is 1.26. The minimum absolute atomic E-state index is 0.0518. The minimum Gasteiger partial charge on any atom is -0.309 e. The molecule has 0 aromatic carbocycles. The highest BCUT2D eigenvalue weighted by Crippen LogP contribution is 2.28. The van der Waals surface area contributed by atoms with E-state index in [-0.39, 0.29) is 11.3 Å². The Balaban J connectivity index is 2.53. The van der Waals surface area contributed by atoms with Crippen LogP contribution in [-0.4, -0.2) is 16.1 Å². The maximum absolute atomic E-state index is 11.7. The van der Waals surface area contributed by atoms with Crippen molar-refractivity contribution < 1.29 is 4.79 Å². The average Bonchev–Trinajstić information content (AvgIpc) is 2.20. The van der Waals surface area contributed by atoms with Crippen LogP contribution in [-0.2, 0) is 4.79 Å². The van der Waals surface area contributed by atoms with E-state index in [2.05, 4.69) is 43.2 Å². The Morgan fingerprint density at radius 2 is 2.06 bits per heavy atom. The maximum Gasteiger partial charge on any atom is 0.225 e. The van der Waals surface area contributed by atoms with E-state index in [9.17, 15) is 4.79 Å². The van der Waals surface area contributed by atoms with E-state index in [0.717, 1.165) is 0 Å². The molecule has 1 atom stereocenters. The summed E-state index contributed by atoms with van der Waals surface area (Å²) in [4.78, 5) is 11.7. The maximum atomic E-state index is 11.7. The number of nitrogens with zero attached hydrogens (tertiary/aromatic N) is 2. The van der Waals surface area contributed by atoms with Crippen molar-refractivity contribution in [2.75, 3.05) is 5.32 Å². The topological polar surface area (TPSA) is 54.9 Å². The lowest BCUT2D eigenvalue weighted by Crippen LogP contribution is -2.24. The molecular weight excluding hydrogens is 238 g/mol. The number of nitrogens with one attached hydrogen (secondary N) is 1. The first kappa shape index (κ1) is 13.9. The van der Waals surface area contributed by atoms with E-state index in [1.165, 1.54) is 0 Å². The smallest absolute Gasteiger partial charge is 0.225 e. The van der Waals surface area contributed by atoms with Gasteiger partial charge in [-0.25, -0.2) is 0 Å². The number of hydrogen-bond acceptors (Lipinski definition) is 3. The van der Waals surface area contributed by atoms with Gasteiger partial charge in [0.15, 0.2) is 11.0 Å². The average molecular weight is 256 g/mol. The lowest BCUT2D eigenvalue weighted by molar-refractivity contribution is -0.117. The zero-order valence-corrected chi connectivity index (χ0v) is 11.4. The molecule has 1 rings (SSSR count). The molecule has 0 aliphatic rings. The predicted molar refractivity (Wildman–Crippen MR) is 68.9 cm³/mol. The number of hydrogen-bond donors (Lipinski definition) is 1. The van der Waals surface area contributed by atoms with Crippen molar-refractivity contribution in [3.05, 3.63) is 17.3 Å². The lowest BCUT2D eigenvalue weighted by atomic mass is 9.80. The highest BCUT2D eigenvalue weighted by molar-refractivity contribution is 6.29. The van der Waals surface area contributed by atoms with Crippen molar-refractivity contribution in [1.29, 1.82) is 0 Å². The van der Waals surface area contributed by atoms with Gasteiger partial charge in [-0.05, 0) is 23.5 Å². The highest BCUT2D eigenvalue weighted by Gasteiger charge is 2.22.